The number of carbonyl (C=O) groups is 1. The highest BCUT2D eigenvalue weighted by molar-refractivity contribution is 5.94. The summed E-state index contributed by atoms with van der Waals surface area (Å²) in [6.45, 7) is 4.54. The molecule has 0 saturated carbocycles. The third-order valence-corrected chi connectivity index (χ3v) is 6.57. The second-order valence-corrected chi connectivity index (χ2v) is 8.43. The Balaban J connectivity index is 1.37. The van der Waals surface area contributed by atoms with Crippen molar-refractivity contribution in [2.24, 2.45) is 0 Å². The summed E-state index contributed by atoms with van der Waals surface area (Å²) in [6, 6.07) is 10.6. The number of carbonyl (C=O) groups excluding carboxylic acids is 1. The maximum atomic E-state index is 13.9. The number of esters is 1. The highest BCUT2D eigenvalue weighted by atomic mass is 19.1. The molecule has 2 aliphatic heterocycles. The Morgan fingerprint density at radius 3 is 2.97 bits per heavy atom. The molecular formula is C24H22FN5O2. The third kappa shape index (κ3) is 2.86. The van der Waals surface area contributed by atoms with E-state index in [9.17, 15) is 9.18 Å². The number of hydrogen-bond acceptors (Lipinski definition) is 5. The molecule has 0 amide bonds. The quantitative estimate of drug-likeness (QED) is 0.480. The Labute approximate surface area is 183 Å². The van der Waals surface area contributed by atoms with E-state index in [1.165, 1.54) is 6.07 Å². The molecule has 6 rings (SSSR count). The summed E-state index contributed by atoms with van der Waals surface area (Å²) in [5.74, 6) is 0.243. The number of fused-ring (bicyclic) bond motifs is 3. The second kappa shape index (κ2) is 7.00. The number of ether oxygens (including phenoxy) is 1. The lowest BCUT2D eigenvalue weighted by molar-refractivity contribution is -0.142. The summed E-state index contributed by atoms with van der Waals surface area (Å²) < 4.78 is 19.2. The number of cyclic esters (lactones) is 1. The first kappa shape index (κ1) is 19.2. The van der Waals surface area contributed by atoms with Crippen molar-refractivity contribution >= 4 is 16.9 Å². The van der Waals surface area contributed by atoms with E-state index in [0.29, 0.717) is 18.8 Å². The van der Waals surface area contributed by atoms with E-state index < -0.39 is 0 Å². The molecule has 1 unspecified atom stereocenters. The SMILES string of the molecule is CCc1ccc(F)cc1-c1ccc2c(-c3nc4c([nH]3)CN3C(C)OC(=O)[C@@H]3C4)n[nH]c2c1. The lowest BCUT2D eigenvalue weighted by Crippen LogP contribution is -2.41. The van der Waals surface area contributed by atoms with Crippen molar-refractivity contribution in [3.63, 3.8) is 0 Å². The second-order valence-electron chi connectivity index (χ2n) is 8.43. The van der Waals surface area contributed by atoms with Gasteiger partial charge >= 0.3 is 5.97 Å². The summed E-state index contributed by atoms with van der Waals surface area (Å²) >= 11 is 0. The van der Waals surface area contributed by atoms with Crippen LogP contribution in [0.3, 0.4) is 0 Å². The van der Waals surface area contributed by atoms with E-state index in [1.54, 1.807) is 6.07 Å². The number of aryl methyl sites for hydroxylation is 1. The zero-order valence-corrected chi connectivity index (χ0v) is 17.8. The largest absolute Gasteiger partial charge is 0.445 e. The van der Waals surface area contributed by atoms with Gasteiger partial charge in [-0.25, -0.2) is 14.3 Å². The topological polar surface area (TPSA) is 86.9 Å². The number of rotatable bonds is 3. The minimum atomic E-state index is -0.272. The van der Waals surface area contributed by atoms with Crippen LogP contribution in [0.1, 0.15) is 30.8 Å². The van der Waals surface area contributed by atoms with Crippen LogP contribution in [0.15, 0.2) is 36.4 Å². The van der Waals surface area contributed by atoms with Gasteiger partial charge in [0.1, 0.15) is 17.6 Å². The van der Waals surface area contributed by atoms with Gasteiger partial charge in [0.15, 0.2) is 12.1 Å². The number of hydrogen-bond donors (Lipinski definition) is 2. The monoisotopic (exact) mass is 431 g/mol. The maximum Gasteiger partial charge on any atom is 0.325 e. The maximum absolute atomic E-state index is 13.9. The van der Waals surface area contributed by atoms with Crippen molar-refractivity contribution in [2.45, 2.75) is 45.5 Å². The number of imidazole rings is 1. The summed E-state index contributed by atoms with van der Waals surface area (Å²) in [5, 5.41) is 8.54. The van der Waals surface area contributed by atoms with E-state index in [2.05, 4.69) is 22.1 Å². The standard InChI is InChI=1S/C24H22FN5O2/c1-3-13-4-6-15(25)9-17(13)14-5-7-16-18(8-14)28-29-22(16)23-26-19-10-21-24(31)32-12(2)30(21)11-20(19)27-23/h4-9,12,21H,3,10-11H2,1-2H3,(H,26,27)(H,28,29)/t12?,21-/m0/s1. The molecule has 0 spiro atoms. The molecule has 32 heavy (non-hydrogen) atoms. The molecule has 2 aromatic heterocycles. The van der Waals surface area contributed by atoms with Gasteiger partial charge < -0.3 is 9.72 Å². The van der Waals surface area contributed by atoms with Crippen LogP contribution in [0.5, 0.6) is 0 Å². The third-order valence-electron chi connectivity index (χ3n) is 6.57. The molecule has 162 valence electrons. The minimum Gasteiger partial charge on any atom is -0.445 e. The number of aromatic amines is 2. The first-order valence-electron chi connectivity index (χ1n) is 10.8. The highest BCUT2D eigenvalue weighted by Gasteiger charge is 2.44. The average Bonchev–Trinajstić information content (AvgIpc) is 3.47. The van der Waals surface area contributed by atoms with E-state index in [1.807, 2.05) is 36.1 Å². The van der Waals surface area contributed by atoms with Crippen molar-refractivity contribution in [2.75, 3.05) is 0 Å². The van der Waals surface area contributed by atoms with Gasteiger partial charge in [0.2, 0.25) is 0 Å². The van der Waals surface area contributed by atoms with Gasteiger partial charge in [-0.2, -0.15) is 5.10 Å². The van der Waals surface area contributed by atoms with Crippen LogP contribution in [-0.2, 0) is 28.9 Å². The molecule has 1 fully saturated rings. The number of H-pyrrole nitrogens is 2. The van der Waals surface area contributed by atoms with Crippen molar-refractivity contribution in [3.05, 3.63) is 59.2 Å². The van der Waals surface area contributed by atoms with E-state index >= 15 is 0 Å². The van der Waals surface area contributed by atoms with Crippen LogP contribution in [0.25, 0.3) is 33.5 Å². The smallest absolute Gasteiger partial charge is 0.325 e. The molecule has 4 aromatic rings. The molecular weight excluding hydrogens is 409 g/mol. The Kier molecular flexibility index (Phi) is 4.19. The molecule has 0 radical (unpaired) electrons. The number of aromatic nitrogens is 4. The molecule has 4 heterocycles. The van der Waals surface area contributed by atoms with Crippen molar-refractivity contribution in [1.82, 2.24) is 25.1 Å². The Hall–Kier alpha value is -3.52. The number of nitrogens with zero attached hydrogens (tertiary/aromatic N) is 3. The zero-order chi connectivity index (χ0) is 22.0. The first-order valence-corrected chi connectivity index (χ1v) is 10.8. The van der Waals surface area contributed by atoms with Gasteiger partial charge in [0.25, 0.3) is 0 Å². The van der Waals surface area contributed by atoms with Crippen LogP contribution in [0, 0.1) is 5.82 Å². The molecule has 7 nitrogen and oxygen atoms in total. The fourth-order valence-corrected chi connectivity index (χ4v) is 4.86. The van der Waals surface area contributed by atoms with E-state index in [-0.39, 0.29) is 24.1 Å². The average molecular weight is 431 g/mol. The van der Waals surface area contributed by atoms with E-state index in [4.69, 9.17) is 9.72 Å². The Morgan fingerprint density at radius 1 is 1.25 bits per heavy atom. The molecule has 0 aliphatic carbocycles. The van der Waals surface area contributed by atoms with Crippen molar-refractivity contribution in [1.29, 1.82) is 0 Å². The number of halogens is 1. The summed E-state index contributed by atoms with van der Waals surface area (Å²) in [4.78, 5) is 22.3. The molecule has 0 bridgehead atoms. The fourth-order valence-electron chi connectivity index (χ4n) is 4.86. The lowest BCUT2D eigenvalue weighted by Gasteiger charge is -2.27. The van der Waals surface area contributed by atoms with Gasteiger partial charge in [0.05, 0.1) is 16.9 Å². The van der Waals surface area contributed by atoms with Gasteiger partial charge in [-0.15, -0.1) is 0 Å². The van der Waals surface area contributed by atoms with Crippen molar-refractivity contribution in [3.8, 4) is 22.6 Å². The molecule has 2 aromatic carbocycles. The molecule has 8 heteroatoms. The predicted molar refractivity (Wildman–Crippen MR) is 117 cm³/mol. The van der Waals surface area contributed by atoms with Crippen LogP contribution < -0.4 is 0 Å². The Morgan fingerprint density at radius 2 is 2.12 bits per heavy atom. The lowest BCUT2D eigenvalue weighted by atomic mass is 9.97. The van der Waals surface area contributed by atoms with Gasteiger partial charge in [-0.05, 0) is 54.3 Å². The molecule has 2 N–H and O–H groups in total. The first-order chi connectivity index (χ1) is 15.5. The molecule has 2 aliphatic rings. The molecule has 2 atom stereocenters. The highest BCUT2D eigenvalue weighted by Crippen LogP contribution is 2.34. The van der Waals surface area contributed by atoms with Crippen LogP contribution in [0.4, 0.5) is 4.39 Å². The Bertz CT molecular complexity index is 1370. The van der Waals surface area contributed by atoms with Gasteiger partial charge in [0, 0.05) is 18.4 Å². The summed E-state index contributed by atoms with van der Waals surface area (Å²) in [5.41, 5.74) is 6.38. The summed E-state index contributed by atoms with van der Waals surface area (Å²) in [6.07, 6.45) is 1.12. The summed E-state index contributed by atoms with van der Waals surface area (Å²) in [7, 11) is 0. The van der Waals surface area contributed by atoms with Crippen molar-refractivity contribution < 1.29 is 13.9 Å². The number of benzene rings is 2. The number of nitrogens with one attached hydrogen (secondary N) is 2. The van der Waals surface area contributed by atoms with Gasteiger partial charge in [-0.1, -0.05) is 19.1 Å². The normalized spacial score (nSPS) is 20.4. The zero-order valence-electron chi connectivity index (χ0n) is 17.8. The van der Waals surface area contributed by atoms with E-state index in [0.717, 1.165) is 51.1 Å². The van der Waals surface area contributed by atoms with Crippen LogP contribution in [0.2, 0.25) is 0 Å². The molecule has 1 saturated heterocycles. The fraction of sp³-hybridized carbons (Fsp3) is 0.292. The van der Waals surface area contributed by atoms with Crippen LogP contribution in [-0.4, -0.2) is 43.3 Å². The predicted octanol–water partition coefficient (Wildman–Crippen LogP) is 3.95. The minimum absolute atomic E-state index is 0.186. The van der Waals surface area contributed by atoms with Crippen LogP contribution >= 0.6 is 0 Å². The van der Waals surface area contributed by atoms with Gasteiger partial charge in [-0.3, -0.25) is 9.89 Å².